The van der Waals surface area contributed by atoms with E-state index in [4.69, 9.17) is 4.74 Å². The predicted molar refractivity (Wildman–Crippen MR) is 102 cm³/mol. The SMILES string of the molecule is O=C(Nc1cn(Cc2ccccc2)nn1)N1CCN(CC2CCOC2)CC1. The number of carbonyl (C=O) groups excluding carboxylic acids is 1. The number of urea groups is 1. The van der Waals surface area contributed by atoms with Gasteiger partial charge in [-0.15, -0.1) is 5.10 Å². The fourth-order valence-electron chi connectivity index (χ4n) is 3.62. The maximum atomic E-state index is 12.5. The van der Waals surface area contributed by atoms with E-state index >= 15 is 0 Å². The second-order valence-electron chi connectivity index (χ2n) is 7.23. The van der Waals surface area contributed by atoms with Crippen molar-refractivity contribution in [3.05, 3.63) is 42.1 Å². The summed E-state index contributed by atoms with van der Waals surface area (Å²) in [6.07, 6.45) is 2.92. The number of nitrogens with zero attached hydrogens (tertiary/aromatic N) is 5. The summed E-state index contributed by atoms with van der Waals surface area (Å²) in [5, 5.41) is 11.0. The van der Waals surface area contributed by atoms with Gasteiger partial charge in [-0.2, -0.15) is 0 Å². The molecular weight excluding hydrogens is 344 g/mol. The molecule has 0 bridgehead atoms. The molecule has 0 radical (unpaired) electrons. The van der Waals surface area contributed by atoms with E-state index in [0.717, 1.165) is 57.9 Å². The molecule has 27 heavy (non-hydrogen) atoms. The lowest BCUT2D eigenvalue weighted by atomic mass is 10.1. The average Bonchev–Trinajstić information content (AvgIpc) is 3.35. The molecule has 2 aliphatic heterocycles. The van der Waals surface area contributed by atoms with Gasteiger partial charge in [0.05, 0.1) is 19.3 Å². The number of hydrogen-bond acceptors (Lipinski definition) is 5. The summed E-state index contributed by atoms with van der Waals surface area (Å²) < 4.78 is 7.18. The number of anilines is 1. The normalized spacial score (nSPS) is 20.7. The lowest BCUT2D eigenvalue weighted by Crippen LogP contribution is -2.51. The fraction of sp³-hybridized carbons (Fsp3) is 0.526. The quantitative estimate of drug-likeness (QED) is 0.864. The zero-order chi connectivity index (χ0) is 18.5. The van der Waals surface area contributed by atoms with Crippen molar-refractivity contribution in [3.8, 4) is 0 Å². The van der Waals surface area contributed by atoms with Gasteiger partial charge >= 0.3 is 6.03 Å². The number of amides is 2. The molecule has 8 nitrogen and oxygen atoms in total. The Kier molecular flexibility index (Phi) is 5.64. The van der Waals surface area contributed by atoms with Crippen LogP contribution in [0.25, 0.3) is 0 Å². The number of nitrogens with one attached hydrogen (secondary N) is 1. The van der Waals surface area contributed by atoms with Crippen molar-refractivity contribution >= 4 is 11.8 Å². The van der Waals surface area contributed by atoms with Crippen molar-refractivity contribution in [2.24, 2.45) is 5.92 Å². The molecule has 2 amide bonds. The molecule has 2 fully saturated rings. The van der Waals surface area contributed by atoms with Gasteiger partial charge < -0.3 is 9.64 Å². The minimum Gasteiger partial charge on any atom is -0.381 e. The Morgan fingerprint density at radius 1 is 1.19 bits per heavy atom. The van der Waals surface area contributed by atoms with Crippen LogP contribution in [0.15, 0.2) is 36.5 Å². The first-order valence-electron chi connectivity index (χ1n) is 9.56. The molecule has 2 aliphatic rings. The number of ether oxygens (including phenoxy) is 1. The van der Waals surface area contributed by atoms with Crippen LogP contribution < -0.4 is 5.32 Å². The second kappa shape index (κ2) is 8.49. The van der Waals surface area contributed by atoms with E-state index in [9.17, 15) is 4.79 Å². The van der Waals surface area contributed by atoms with Gasteiger partial charge in [-0.05, 0) is 17.9 Å². The third-order valence-corrected chi connectivity index (χ3v) is 5.16. The lowest BCUT2D eigenvalue weighted by Gasteiger charge is -2.35. The van der Waals surface area contributed by atoms with E-state index in [-0.39, 0.29) is 6.03 Å². The summed E-state index contributed by atoms with van der Waals surface area (Å²) in [6, 6.07) is 9.94. The van der Waals surface area contributed by atoms with E-state index < -0.39 is 0 Å². The second-order valence-corrected chi connectivity index (χ2v) is 7.23. The standard InChI is InChI=1S/C19H26N6O2/c26-19(24-9-7-23(8-10-24)12-17-6-11-27-15-17)20-18-14-25(22-21-18)13-16-4-2-1-3-5-16/h1-5,14,17H,6-13,15H2,(H,20,26). The molecule has 2 saturated heterocycles. The molecule has 3 heterocycles. The highest BCUT2D eigenvalue weighted by molar-refractivity contribution is 5.88. The van der Waals surface area contributed by atoms with E-state index in [1.807, 2.05) is 35.2 Å². The maximum Gasteiger partial charge on any atom is 0.323 e. The first kappa shape index (κ1) is 17.9. The first-order valence-corrected chi connectivity index (χ1v) is 9.56. The highest BCUT2D eigenvalue weighted by Gasteiger charge is 2.25. The molecule has 1 unspecified atom stereocenters. The summed E-state index contributed by atoms with van der Waals surface area (Å²) in [5.41, 5.74) is 1.14. The van der Waals surface area contributed by atoms with Gasteiger partial charge in [0, 0.05) is 39.3 Å². The van der Waals surface area contributed by atoms with Crippen molar-refractivity contribution in [1.29, 1.82) is 0 Å². The molecule has 1 atom stereocenters. The van der Waals surface area contributed by atoms with E-state index in [1.165, 1.54) is 0 Å². The van der Waals surface area contributed by atoms with E-state index in [1.54, 1.807) is 10.9 Å². The third-order valence-electron chi connectivity index (χ3n) is 5.16. The van der Waals surface area contributed by atoms with Crippen LogP contribution in [-0.2, 0) is 11.3 Å². The minimum atomic E-state index is -0.106. The number of rotatable bonds is 5. The summed E-state index contributed by atoms with van der Waals surface area (Å²) in [6.45, 7) is 6.75. The van der Waals surface area contributed by atoms with Crippen molar-refractivity contribution in [2.75, 3.05) is 51.3 Å². The van der Waals surface area contributed by atoms with Gasteiger partial charge in [-0.3, -0.25) is 10.2 Å². The van der Waals surface area contributed by atoms with Gasteiger partial charge in [-0.25, -0.2) is 9.48 Å². The molecule has 0 saturated carbocycles. The summed E-state index contributed by atoms with van der Waals surface area (Å²) in [7, 11) is 0. The smallest absolute Gasteiger partial charge is 0.323 e. The molecule has 144 valence electrons. The molecule has 4 rings (SSSR count). The fourth-order valence-corrected chi connectivity index (χ4v) is 3.62. The Morgan fingerprint density at radius 3 is 2.74 bits per heavy atom. The van der Waals surface area contributed by atoms with Crippen molar-refractivity contribution in [3.63, 3.8) is 0 Å². The highest BCUT2D eigenvalue weighted by atomic mass is 16.5. The van der Waals surface area contributed by atoms with Crippen molar-refractivity contribution in [2.45, 2.75) is 13.0 Å². The summed E-state index contributed by atoms with van der Waals surface area (Å²) in [4.78, 5) is 16.8. The van der Waals surface area contributed by atoms with Gasteiger partial charge in [0.2, 0.25) is 0 Å². The van der Waals surface area contributed by atoms with Crippen LogP contribution in [-0.4, -0.2) is 76.8 Å². The number of aromatic nitrogens is 3. The molecule has 0 spiro atoms. The van der Waals surface area contributed by atoms with Crippen LogP contribution in [0.2, 0.25) is 0 Å². The predicted octanol–water partition coefficient (Wildman–Crippen LogP) is 1.51. The third kappa shape index (κ3) is 4.84. The average molecular weight is 370 g/mol. The van der Waals surface area contributed by atoms with Crippen LogP contribution >= 0.6 is 0 Å². The zero-order valence-corrected chi connectivity index (χ0v) is 15.5. The first-order chi connectivity index (χ1) is 13.3. The monoisotopic (exact) mass is 370 g/mol. The Morgan fingerprint density at radius 2 is 2.00 bits per heavy atom. The molecule has 2 aromatic rings. The molecule has 0 aliphatic carbocycles. The van der Waals surface area contributed by atoms with E-state index in [2.05, 4.69) is 20.5 Å². The molecular formula is C19H26N6O2. The van der Waals surface area contributed by atoms with Crippen LogP contribution in [0.3, 0.4) is 0 Å². The Balaban J connectivity index is 1.24. The van der Waals surface area contributed by atoms with Crippen LogP contribution in [0, 0.1) is 5.92 Å². The highest BCUT2D eigenvalue weighted by Crippen LogP contribution is 2.15. The minimum absolute atomic E-state index is 0.106. The van der Waals surface area contributed by atoms with Crippen molar-refractivity contribution < 1.29 is 9.53 Å². The van der Waals surface area contributed by atoms with Crippen LogP contribution in [0.1, 0.15) is 12.0 Å². The molecule has 1 aromatic carbocycles. The maximum absolute atomic E-state index is 12.5. The van der Waals surface area contributed by atoms with Gasteiger partial charge in [0.1, 0.15) is 0 Å². The molecule has 1 aromatic heterocycles. The number of benzene rings is 1. The van der Waals surface area contributed by atoms with Gasteiger partial charge in [0.15, 0.2) is 5.82 Å². The van der Waals surface area contributed by atoms with Gasteiger partial charge in [-0.1, -0.05) is 35.5 Å². The Bertz CT molecular complexity index is 736. The number of piperazine rings is 1. The molecule has 1 N–H and O–H groups in total. The Labute approximate surface area is 159 Å². The van der Waals surface area contributed by atoms with Crippen LogP contribution in [0.5, 0.6) is 0 Å². The number of carbonyl (C=O) groups is 1. The Hall–Kier alpha value is -2.45. The number of hydrogen-bond donors (Lipinski definition) is 1. The van der Waals surface area contributed by atoms with Gasteiger partial charge in [0.25, 0.3) is 0 Å². The summed E-state index contributed by atoms with van der Waals surface area (Å²) in [5.74, 6) is 1.13. The van der Waals surface area contributed by atoms with Crippen LogP contribution in [0.4, 0.5) is 10.6 Å². The zero-order valence-electron chi connectivity index (χ0n) is 15.5. The molecule has 8 heteroatoms. The topological polar surface area (TPSA) is 75.5 Å². The largest absolute Gasteiger partial charge is 0.381 e. The van der Waals surface area contributed by atoms with E-state index in [0.29, 0.717) is 18.3 Å². The summed E-state index contributed by atoms with van der Waals surface area (Å²) >= 11 is 0. The van der Waals surface area contributed by atoms with Crippen molar-refractivity contribution in [1.82, 2.24) is 24.8 Å². The lowest BCUT2D eigenvalue weighted by molar-refractivity contribution is 0.124.